The normalized spacial score (nSPS) is 10.2. The molecule has 0 radical (unpaired) electrons. The van der Waals surface area contributed by atoms with Crippen LogP contribution in [0.2, 0.25) is 0 Å². The molecule has 0 aliphatic rings. The first-order chi connectivity index (χ1) is 10.6. The Morgan fingerprint density at radius 1 is 0.783 bits per heavy atom. The number of hydrogen-bond donors (Lipinski definition) is 0. The van der Waals surface area contributed by atoms with E-state index < -0.39 is 0 Å². The third kappa shape index (κ3) is 5.53. The fourth-order valence-electron chi connectivity index (χ4n) is 2.66. The van der Waals surface area contributed by atoms with Gasteiger partial charge in [-0.2, -0.15) is 22.8 Å². The summed E-state index contributed by atoms with van der Waals surface area (Å²) >= 11 is 0. The molecule has 0 amide bonds. The van der Waals surface area contributed by atoms with E-state index in [1.54, 1.807) is 0 Å². The standard InChI is InChI=1S/C17H21.C5H5.Fe/c1-12(2)16-10-15(11-17(16)13(3)4)14-8-6-5-7-9-14;1-2-4-5-3-1;/h5-13H,1-4H3;1-5H;/q-1;-5;. The van der Waals surface area contributed by atoms with E-state index in [0.717, 1.165) is 0 Å². The van der Waals surface area contributed by atoms with E-state index in [1.807, 2.05) is 30.3 Å². The Morgan fingerprint density at radius 2 is 1.30 bits per heavy atom. The molecule has 23 heavy (non-hydrogen) atoms. The molecule has 0 unspecified atom stereocenters. The van der Waals surface area contributed by atoms with Crippen LogP contribution in [0.25, 0.3) is 11.1 Å². The maximum Gasteiger partial charge on any atom is 0 e. The van der Waals surface area contributed by atoms with Gasteiger partial charge in [0, 0.05) is 17.1 Å². The van der Waals surface area contributed by atoms with Crippen molar-refractivity contribution in [3.8, 4) is 11.1 Å². The zero-order valence-electron chi connectivity index (χ0n) is 14.4. The summed E-state index contributed by atoms with van der Waals surface area (Å²) in [5.41, 5.74) is 5.68. The molecule has 3 aromatic rings. The van der Waals surface area contributed by atoms with Gasteiger partial charge in [-0.15, -0.1) is 0 Å². The summed E-state index contributed by atoms with van der Waals surface area (Å²) in [7, 11) is 0. The van der Waals surface area contributed by atoms with Crippen molar-refractivity contribution in [2.45, 2.75) is 39.5 Å². The van der Waals surface area contributed by atoms with E-state index in [2.05, 4.69) is 70.2 Å². The Balaban J connectivity index is 0.000000377. The van der Waals surface area contributed by atoms with Crippen LogP contribution in [0.1, 0.15) is 50.7 Å². The van der Waals surface area contributed by atoms with Crippen molar-refractivity contribution >= 4 is 0 Å². The molecule has 0 saturated heterocycles. The Kier molecular flexibility index (Phi) is 8.09. The topological polar surface area (TPSA) is 0 Å². The predicted molar refractivity (Wildman–Crippen MR) is 97.7 cm³/mol. The Hall–Kier alpha value is -1.56. The van der Waals surface area contributed by atoms with Gasteiger partial charge < -0.3 is 30.3 Å². The zero-order chi connectivity index (χ0) is 15.9. The summed E-state index contributed by atoms with van der Waals surface area (Å²) in [4.78, 5) is 0. The minimum atomic E-state index is 0. The van der Waals surface area contributed by atoms with Crippen molar-refractivity contribution in [2.24, 2.45) is 0 Å². The quantitative estimate of drug-likeness (QED) is 0.365. The molecule has 3 rings (SSSR count). The molecule has 0 saturated carbocycles. The Bertz CT molecular complexity index is 600. The molecule has 3 aromatic carbocycles. The van der Waals surface area contributed by atoms with Crippen LogP contribution in [-0.4, -0.2) is 0 Å². The molecule has 0 nitrogen and oxygen atoms in total. The van der Waals surface area contributed by atoms with Crippen LogP contribution in [-0.2, 0) is 17.1 Å². The summed E-state index contributed by atoms with van der Waals surface area (Å²) in [6.07, 6.45) is 0. The molecular formula is C22H26Fe-6. The second-order valence-corrected chi connectivity index (χ2v) is 6.29. The second-order valence-electron chi connectivity index (χ2n) is 6.29. The smallest absolute Gasteiger partial charge is 0 e. The molecule has 0 N–H and O–H groups in total. The van der Waals surface area contributed by atoms with E-state index in [4.69, 9.17) is 0 Å². The van der Waals surface area contributed by atoms with Crippen molar-refractivity contribution in [3.63, 3.8) is 0 Å². The molecule has 128 valence electrons. The second kappa shape index (κ2) is 9.55. The predicted octanol–water partition coefficient (Wildman–Crippen LogP) is 6.72. The number of hydrogen-bond acceptors (Lipinski definition) is 0. The van der Waals surface area contributed by atoms with Gasteiger partial charge in [0.05, 0.1) is 0 Å². The molecule has 1 heteroatoms. The van der Waals surface area contributed by atoms with Gasteiger partial charge in [-0.25, -0.2) is 6.07 Å². The molecule has 0 aromatic heterocycles. The van der Waals surface area contributed by atoms with E-state index in [-0.39, 0.29) is 17.1 Å². The first kappa shape index (κ1) is 19.5. The van der Waals surface area contributed by atoms with Crippen LogP contribution < -0.4 is 0 Å². The van der Waals surface area contributed by atoms with Gasteiger partial charge in [0.1, 0.15) is 0 Å². The van der Waals surface area contributed by atoms with Gasteiger partial charge >= 0.3 is 0 Å². The summed E-state index contributed by atoms with van der Waals surface area (Å²) in [6.45, 7) is 9.10. The molecule has 0 spiro atoms. The van der Waals surface area contributed by atoms with E-state index in [9.17, 15) is 0 Å². The van der Waals surface area contributed by atoms with E-state index >= 15 is 0 Å². The molecule has 0 aliphatic carbocycles. The first-order valence-corrected chi connectivity index (χ1v) is 8.12. The summed E-state index contributed by atoms with van der Waals surface area (Å²) in [5, 5.41) is 0. The first-order valence-electron chi connectivity index (χ1n) is 8.12. The Labute approximate surface area is 151 Å². The van der Waals surface area contributed by atoms with Gasteiger partial charge in [0.15, 0.2) is 0 Å². The third-order valence-electron chi connectivity index (χ3n) is 3.86. The minimum absolute atomic E-state index is 0. The molecule has 0 heterocycles. The van der Waals surface area contributed by atoms with Crippen molar-refractivity contribution in [2.75, 3.05) is 0 Å². The summed E-state index contributed by atoms with van der Waals surface area (Å²) in [5.74, 6) is 1.20. The van der Waals surface area contributed by atoms with Crippen LogP contribution in [0.3, 0.4) is 0 Å². The van der Waals surface area contributed by atoms with Gasteiger partial charge in [0.2, 0.25) is 0 Å². The Morgan fingerprint density at radius 3 is 1.70 bits per heavy atom. The van der Waals surface area contributed by atoms with Crippen LogP contribution in [0.4, 0.5) is 0 Å². The SMILES string of the molecule is CC(C)c1cc(-c2ccccc2)c[c-]1C(C)C.[Fe].[cH-]1[cH-][cH-][cH-][cH-]1. The van der Waals surface area contributed by atoms with Gasteiger partial charge in [-0.05, 0) is 5.92 Å². The third-order valence-corrected chi connectivity index (χ3v) is 3.86. The molecule has 0 bridgehead atoms. The maximum absolute atomic E-state index is 2.36. The van der Waals surface area contributed by atoms with E-state index in [1.165, 1.54) is 22.3 Å². The van der Waals surface area contributed by atoms with Crippen LogP contribution in [0, 0.1) is 0 Å². The maximum atomic E-state index is 2.36. The van der Waals surface area contributed by atoms with Gasteiger partial charge in [-0.1, -0.05) is 69.5 Å². The average Bonchev–Trinajstić information content (AvgIpc) is 3.21. The largest absolute Gasteiger partial charge is 0.748 e. The van der Waals surface area contributed by atoms with Crippen molar-refractivity contribution in [3.05, 3.63) is 83.9 Å². The van der Waals surface area contributed by atoms with Crippen LogP contribution in [0.5, 0.6) is 0 Å². The molecule has 0 atom stereocenters. The van der Waals surface area contributed by atoms with E-state index in [0.29, 0.717) is 11.8 Å². The summed E-state index contributed by atoms with van der Waals surface area (Å²) < 4.78 is 0. The van der Waals surface area contributed by atoms with Crippen LogP contribution in [0.15, 0.2) is 72.8 Å². The van der Waals surface area contributed by atoms with Crippen molar-refractivity contribution < 1.29 is 17.1 Å². The van der Waals surface area contributed by atoms with Crippen LogP contribution >= 0.6 is 0 Å². The summed E-state index contributed by atoms with van der Waals surface area (Å²) in [6, 6.07) is 25.4. The average molecular weight is 346 g/mol. The van der Waals surface area contributed by atoms with Crippen molar-refractivity contribution in [1.29, 1.82) is 0 Å². The van der Waals surface area contributed by atoms with Gasteiger partial charge in [-0.3, -0.25) is 0 Å². The van der Waals surface area contributed by atoms with Gasteiger partial charge in [0.25, 0.3) is 0 Å². The number of benzene rings is 1. The zero-order valence-corrected chi connectivity index (χ0v) is 15.5. The molecule has 0 aliphatic heterocycles. The molecular weight excluding hydrogens is 320 g/mol. The van der Waals surface area contributed by atoms with Crippen molar-refractivity contribution in [1.82, 2.24) is 0 Å². The number of rotatable bonds is 3. The monoisotopic (exact) mass is 346 g/mol. The fourth-order valence-corrected chi connectivity index (χ4v) is 2.66. The fraction of sp³-hybridized carbons (Fsp3) is 0.273. The minimum Gasteiger partial charge on any atom is -0.748 e. The molecule has 0 fully saturated rings.